The van der Waals surface area contributed by atoms with Crippen molar-refractivity contribution in [1.29, 1.82) is 0 Å². The van der Waals surface area contributed by atoms with E-state index in [0.717, 1.165) is 6.26 Å². The Kier molecular flexibility index (Phi) is 6.40. The molecule has 0 aliphatic carbocycles. The molecule has 0 saturated heterocycles. The molecule has 0 heterocycles. The Balaban J connectivity index is 2.17. The van der Waals surface area contributed by atoms with Crippen molar-refractivity contribution in [2.45, 2.75) is 12.5 Å². The van der Waals surface area contributed by atoms with E-state index in [4.69, 9.17) is 23.2 Å². The van der Waals surface area contributed by atoms with E-state index in [1.54, 1.807) is 12.1 Å². The van der Waals surface area contributed by atoms with Gasteiger partial charge in [0.2, 0.25) is 15.9 Å². The number of amides is 1. The molecule has 1 amide bonds. The zero-order chi connectivity index (χ0) is 18.6. The third kappa shape index (κ3) is 6.28. The number of benzene rings is 2. The Bertz CT molecular complexity index is 873. The predicted octanol–water partition coefficient (Wildman–Crippen LogP) is 3.75. The number of carbonyl (C=O) groups excluding carboxylic acids is 1. The van der Waals surface area contributed by atoms with E-state index in [1.807, 2.05) is 0 Å². The maximum atomic E-state index is 13.1. The molecule has 0 aliphatic rings. The lowest BCUT2D eigenvalue weighted by molar-refractivity contribution is -0.116. The zero-order valence-corrected chi connectivity index (χ0v) is 15.4. The van der Waals surface area contributed by atoms with Crippen molar-refractivity contribution in [3.63, 3.8) is 0 Å². The fourth-order valence-corrected chi connectivity index (χ4v) is 3.35. The number of sulfonamides is 1. The molecule has 0 fully saturated rings. The molecule has 0 aromatic heterocycles. The van der Waals surface area contributed by atoms with Gasteiger partial charge in [-0.15, -0.1) is 0 Å². The molecule has 0 spiro atoms. The van der Waals surface area contributed by atoms with Crippen molar-refractivity contribution < 1.29 is 17.6 Å². The number of anilines is 1. The molecular formula is C16H15Cl2FN2O3S. The minimum atomic E-state index is -3.58. The minimum Gasteiger partial charge on any atom is -0.325 e. The molecule has 2 aromatic rings. The molecule has 0 aliphatic heterocycles. The summed E-state index contributed by atoms with van der Waals surface area (Å²) in [6.07, 6.45) is 0.787. The Morgan fingerprint density at radius 3 is 2.36 bits per heavy atom. The summed E-state index contributed by atoms with van der Waals surface area (Å²) in [5, 5.41) is 3.28. The van der Waals surface area contributed by atoms with Crippen LogP contribution in [0.3, 0.4) is 0 Å². The van der Waals surface area contributed by atoms with Gasteiger partial charge in [0, 0.05) is 11.4 Å². The third-order valence-electron chi connectivity index (χ3n) is 3.22. The first-order valence-electron chi connectivity index (χ1n) is 7.12. The molecule has 134 valence electrons. The van der Waals surface area contributed by atoms with Crippen LogP contribution in [-0.2, 0) is 14.8 Å². The molecule has 1 atom stereocenters. The average Bonchev–Trinajstić information content (AvgIpc) is 2.49. The van der Waals surface area contributed by atoms with Crippen LogP contribution in [0.5, 0.6) is 0 Å². The molecular weight excluding hydrogens is 390 g/mol. The van der Waals surface area contributed by atoms with Gasteiger partial charge in [-0.25, -0.2) is 17.5 Å². The van der Waals surface area contributed by atoms with Gasteiger partial charge in [-0.3, -0.25) is 4.79 Å². The number of carbonyl (C=O) groups is 1. The molecule has 5 nitrogen and oxygen atoms in total. The van der Waals surface area contributed by atoms with Crippen molar-refractivity contribution in [2.75, 3.05) is 11.6 Å². The van der Waals surface area contributed by atoms with Crippen molar-refractivity contribution in [1.82, 2.24) is 4.72 Å². The lowest BCUT2D eigenvalue weighted by Gasteiger charge is -2.18. The van der Waals surface area contributed by atoms with E-state index in [1.165, 1.54) is 30.3 Å². The summed E-state index contributed by atoms with van der Waals surface area (Å²) in [5.41, 5.74) is 0.817. The van der Waals surface area contributed by atoms with Crippen molar-refractivity contribution in [3.8, 4) is 0 Å². The van der Waals surface area contributed by atoms with Gasteiger partial charge in [0.05, 0.1) is 23.0 Å². The highest BCUT2D eigenvalue weighted by atomic mass is 35.5. The van der Waals surface area contributed by atoms with Crippen LogP contribution < -0.4 is 10.0 Å². The first kappa shape index (κ1) is 19.7. The molecule has 2 aromatic carbocycles. The normalized spacial score (nSPS) is 12.6. The Labute approximate surface area is 155 Å². The quantitative estimate of drug-likeness (QED) is 0.769. The highest BCUT2D eigenvalue weighted by molar-refractivity contribution is 7.88. The third-order valence-corrected chi connectivity index (χ3v) is 4.48. The van der Waals surface area contributed by atoms with Crippen LogP contribution in [0.15, 0.2) is 42.5 Å². The van der Waals surface area contributed by atoms with Crippen LogP contribution in [-0.4, -0.2) is 20.6 Å². The van der Waals surface area contributed by atoms with E-state index in [2.05, 4.69) is 10.0 Å². The standard InChI is InChI=1S/C16H15Cl2FN2O3S/c1-25(23,24)21-15(10-2-5-12(19)6-3-10)9-16(22)20-14-7-4-11(17)8-13(14)18/h2-8,15,21H,9H2,1H3,(H,20,22). The predicted molar refractivity (Wildman–Crippen MR) is 96.8 cm³/mol. The summed E-state index contributed by atoms with van der Waals surface area (Å²) in [7, 11) is -3.58. The van der Waals surface area contributed by atoms with Gasteiger partial charge in [-0.2, -0.15) is 0 Å². The summed E-state index contributed by atoms with van der Waals surface area (Å²) in [6, 6.07) is 8.96. The van der Waals surface area contributed by atoms with E-state index >= 15 is 0 Å². The highest BCUT2D eigenvalue weighted by Crippen LogP contribution is 2.26. The van der Waals surface area contributed by atoms with Crippen LogP contribution in [0, 0.1) is 5.82 Å². The number of hydrogen-bond acceptors (Lipinski definition) is 3. The molecule has 0 bridgehead atoms. The summed E-state index contributed by atoms with van der Waals surface area (Å²) >= 11 is 11.8. The van der Waals surface area contributed by atoms with E-state index in [-0.39, 0.29) is 11.4 Å². The van der Waals surface area contributed by atoms with Crippen LogP contribution in [0.25, 0.3) is 0 Å². The van der Waals surface area contributed by atoms with Gasteiger partial charge >= 0.3 is 0 Å². The first-order valence-corrected chi connectivity index (χ1v) is 9.76. The molecule has 1 unspecified atom stereocenters. The zero-order valence-electron chi connectivity index (χ0n) is 13.1. The van der Waals surface area contributed by atoms with E-state index in [9.17, 15) is 17.6 Å². The average molecular weight is 405 g/mol. The summed E-state index contributed by atoms with van der Waals surface area (Å²) in [4.78, 5) is 12.3. The fraction of sp³-hybridized carbons (Fsp3) is 0.188. The number of halogens is 3. The first-order chi connectivity index (χ1) is 11.6. The van der Waals surface area contributed by atoms with Crippen molar-refractivity contribution >= 4 is 44.8 Å². The minimum absolute atomic E-state index is 0.197. The Morgan fingerprint density at radius 2 is 1.80 bits per heavy atom. The Hall–Kier alpha value is -1.67. The van der Waals surface area contributed by atoms with E-state index < -0.39 is 27.8 Å². The summed E-state index contributed by atoms with van der Waals surface area (Å²) in [6.45, 7) is 0. The molecule has 0 radical (unpaired) electrons. The fourth-order valence-electron chi connectivity index (χ4n) is 2.16. The topological polar surface area (TPSA) is 75.3 Å². The highest BCUT2D eigenvalue weighted by Gasteiger charge is 2.20. The second-order valence-electron chi connectivity index (χ2n) is 5.37. The largest absolute Gasteiger partial charge is 0.325 e. The van der Waals surface area contributed by atoms with Crippen molar-refractivity contribution in [2.24, 2.45) is 0 Å². The smallest absolute Gasteiger partial charge is 0.226 e. The van der Waals surface area contributed by atoms with Crippen molar-refractivity contribution in [3.05, 3.63) is 63.9 Å². The van der Waals surface area contributed by atoms with Gasteiger partial charge in [0.1, 0.15) is 5.82 Å². The lowest BCUT2D eigenvalue weighted by Crippen LogP contribution is -2.30. The second-order valence-corrected chi connectivity index (χ2v) is 7.99. The maximum Gasteiger partial charge on any atom is 0.226 e. The van der Waals surface area contributed by atoms with Gasteiger partial charge in [-0.05, 0) is 35.9 Å². The van der Waals surface area contributed by atoms with E-state index in [0.29, 0.717) is 16.3 Å². The molecule has 2 N–H and O–H groups in total. The molecule has 2 rings (SSSR count). The van der Waals surface area contributed by atoms with Gasteiger partial charge in [0.15, 0.2) is 0 Å². The van der Waals surface area contributed by atoms with Gasteiger partial charge in [-0.1, -0.05) is 35.3 Å². The van der Waals surface area contributed by atoms with Gasteiger partial charge in [0.25, 0.3) is 0 Å². The number of rotatable bonds is 6. The maximum absolute atomic E-state index is 13.1. The van der Waals surface area contributed by atoms with Crippen LogP contribution >= 0.6 is 23.2 Å². The summed E-state index contributed by atoms with van der Waals surface area (Å²) < 4.78 is 38.6. The monoisotopic (exact) mass is 404 g/mol. The molecule has 0 saturated carbocycles. The van der Waals surface area contributed by atoms with Crippen LogP contribution in [0.4, 0.5) is 10.1 Å². The second kappa shape index (κ2) is 8.14. The lowest BCUT2D eigenvalue weighted by atomic mass is 10.0. The van der Waals surface area contributed by atoms with Gasteiger partial charge < -0.3 is 5.32 Å². The number of hydrogen-bond donors (Lipinski definition) is 2. The molecule has 9 heteroatoms. The Morgan fingerprint density at radius 1 is 1.16 bits per heavy atom. The molecule has 25 heavy (non-hydrogen) atoms. The summed E-state index contributed by atoms with van der Waals surface area (Å²) in [5.74, 6) is -0.922. The SMILES string of the molecule is CS(=O)(=O)NC(CC(=O)Nc1ccc(Cl)cc1Cl)c1ccc(F)cc1. The van der Waals surface area contributed by atoms with Crippen LogP contribution in [0.2, 0.25) is 10.0 Å². The van der Waals surface area contributed by atoms with Crippen LogP contribution in [0.1, 0.15) is 18.0 Å². The number of nitrogens with one attached hydrogen (secondary N) is 2.